The van der Waals surface area contributed by atoms with Gasteiger partial charge in [0.2, 0.25) is 0 Å². The Bertz CT molecular complexity index is 448. The van der Waals surface area contributed by atoms with Crippen LogP contribution in [0.25, 0.3) is 0 Å². The third kappa shape index (κ3) is 4.48. The molecule has 3 heteroatoms. The van der Waals surface area contributed by atoms with E-state index in [9.17, 15) is 4.79 Å². The number of nitrogens with one attached hydrogen (secondary N) is 1. The zero-order valence-electron chi connectivity index (χ0n) is 13.4. The summed E-state index contributed by atoms with van der Waals surface area (Å²) in [6.07, 6.45) is 5.37. The Kier molecular flexibility index (Phi) is 5.27. The number of rotatable bonds is 4. The quantitative estimate of drug-likeness (QED) is 0.867. The molecule has 0 heterocycles. The molecule has 0 aliphatic heterocycles. The predicted octanol–water partition coefficient (Wildman–Crippen LogP) is 4.77. The van der Waals surface area contributed by atoms with Crippen LogP contribution >= 0.6 is 0 Å². The van der Waals surface area contributed by atoms with E-state index < -0.39 is 0 Å². The lowest BCUT2D eigenvalue weighted by atomic mass is 9.69. The Balaban J connectivity index is 1.77. The number of hydrogen-bond donors (Lipinski definition) is 1. The van der Waals surface area contributed by atoms with Crippen molar-refractivity contribution in [3.63, 3.8) is 0 Å². The molecule has 1 aromatic rings. The topological polar surface area (TPSA) is 38.3 Å². The van der Waals surface area contributed by atoms with Crippen molar-refractivity contribution in [3.8, 4) is 5.75 Å². The summed E-state index contributed by atoms with van der Waals surface area (Å²) in [5.74, 6) is 1.36. The van der Waals surface area contributed by atoms with Crippen LogP contribution in [0.3, 0.4) is 0 Å². The lowest BCUT2D eigenvalue weighted by Gasteiger charge is -2.38. The summed E-state index contributed by atoms with van der Waals surface area (Å²) in [7, 11) is 0. The number of ether oxygens (including phenoxy) is 1. The van der Waals surface area contributed by atoms with Crippen LogP contribution in [0.5, 0.6) is 5.75 Å². The molecule has 2 rings (SSSR count). The van der Waals surface area contributed by atoms with Gasteiger partial charge in [-0.25, -0.2) is 4.79 Å². The second-order valence-electron chi connectivity index (χ2n) is 6.74. The maximum absolute atomic E-state index is 11.9. The highest BCUT2D eigenvalue weighted by atomic mass is 16.6. The summed E-state index contributed by atoms with van der Waals surface area (Å²) in [5.41, 5.74) is 0.412. The zero-order chi connectivity index (χ0) is 15.3. The molecule has 1 fully saturated rings. The monoisotopic (exact) mass is 289 g/mol. The van der Waals surface area contributed by atoms with Gasteiger partial charge in [0.25, 0.3) is 0 Å². The van der Waals surface area contributed by atoms with Crippen molar-refractivity contribution >= 4 is 6.09 Å². The number of benzene rings is 1. The highest BCUT2D eigenvalue weighted by Gasteiger charge is 2.32. The van der Waals surface area contributed by atoms with Crippen LogP contribution < -0.4 is 10.1 Å². The minimum Gasteiger partial charge on any atom is -0.410 e. The molecule has 116 valence electrons. The van der Waals surface area contributed by atoms with E-state index in [1.807, 2.05) is 18.2 Å². The molecule has 3 nitrogen and oxygen atoms in total. The number of para-hydroxylation sites is 1. The fraction of sp³-hybridized carbons (Fsp3) is 0.611. The molecular formula is C18H27NO2. The van der Waals surface area contributed by atoms with E-state index in [4.69, 9.17) is 4.74 Å². The van der Waals surface area contributed by atoms with Crippen LogP contribution in [0.1, 0.15) is 52.9 Å². The van der Waals surface area contributed by atoms with Crippen LogP contribution in [0.2, 0.25) is 0 Å². The Morgan fingerprint density at radius 2 is 1.81 bits per heavy atom. The molecule has 0 atom stereocenters. The van der Waals surface area contributed by atoms with Crippen LogP contribution in [-0.2, 0) is 0 Å². The summed E-state index contributed by atoms with van der Waals surface area (Å²) >= 11 is 0. The largest absolute Gasteiger partial charge is 0.412 e. The first kappa shape index (κ1) is 15.9. The SMILES string of the molecule is CCC(C)(C)C1CCC(NC(=O)Oc2ccccc2)CC1. The fourth-order valence-electron chi connectivity index (χ4n) is 3.10. The second kappa shape index (κ2) is 6.97. The Morgan fingerprint density at radius 3 is 2.38 bits per heavy atom. The van der Waals surface area contributed by atoms with Gasteiger partial charge in [-0.15, -0.1) is 0 Å². The van der Waals surface area contributed by atoms with Gasteiger partial charge < -0.3 is 10.1 Å². The molecule has 1 aromatic carbocycles. The molecule has 1 aliphatic carbocycles. The third-order valence-electron chi connectivity index (χ3n) is 5.02. The first-order valence-electron chi connectivity index (χ1n) is 8.04. The van der Waals surface area contributed by atoms with Gasteiger partial charge in [0.15, 0.2) is 0 Å². The summed E-state index contributed by atoms with van der Waals surface area (Å²) in [4.78, 5) is 11.9. The van der Waals surface area contributed by atoms with Gasteiger partial charge in [0, 0.05) is 6.04 Å². The minimum atomic E-state index is -0.334. The predicted molar refractivity (Wildman–Crippen MR) is 85.4 cm³/mol. The Labute approximate surface area is 128 Å². The molecule has 0 radical (unpaired) electrons. The lowest BCUT2D eigenvalue weighted by molar-refractivity contribution is 0.133. The average Bonchev–Trinajstić information content (AvgIpc) is 2.48. The second-order valence-corrected chi connectivity index (χ2v) is 6.74. The van der Waals surface area contributed by atoms with Crippen LogP contribution in [0.15, 0.2) is 30.3 Å². The molecular weight excluding hydrogens is 262 g/mol. The number of carbonyl (C=O) groups excluding carboxylic acids is 1. The van der Waals surface area contributed by atoms with Crippen molar-refractivity contribution in [3.05, 3.63) is 30.3 Å². The van der Waals surface area contributed by atoms with Gasteiger partial charge in [-0.1, -0.05) is 45.4 Å². The molecule has 0 bridgehead atoms. The highest BCUT2D eigenvalue weighted by molar-refractivity contribution is 5.70. The van der Waals surface area contributed by atoms with Crippen LogP contribution in [-0.4, -0.2) is 12.1 Å². The Morgan fingerprint density at radius 1 is 1.19 bits per heavy atom. The van der Waals surface area contributed by atoms with Crippen molar-refractivity contribution in [2.75, 3.05) is 0 Å². The number of carbonyl (C=O) groups is 1. The first-order chi connectivity index (χ1) is 10.0. The molecule has 21 heavy (non-hydrogen) atoms. The summed E-state index contributed by atoms with van der Waals surface area (Å²) in [6, 6.07) is 9.47. The van der Waals surface area contributed by atoms with Gasteiger partial charge >= 0.3 is 6.09 Å². The lowest BCUT2D eigenvalue weighted by Crippen LogP contribution is -2.41. The van der Waals surface area contributed by atoms with Crippen molar-refractivity contribution in [2.24, 2.45) is 11.3 Å². The van der Waals surface area contributed by atoms with Gasteiger partial charge in [0.1, 0.15) is 5.75 Å². The van der Waals surface area contributed by atoms with E-state index >= 15 is 0 Å². The van der Waals surface area contributed by atoms with Crippen LogP contribution in [0, 0.1) is 11.3 Å². The normalized spacial score (nSPS) is 22.6. The van der Waals surface area contributed by atoms with E-state index in [0.29, 0.717) is 11.2 Å². The smallest absolute Gasteiger partial charge is 0.410 e. The summed E-state index contributed by atoms with van der Waals surface area (Å²) < 4.78 is 5.28. The van der Waals surface area contributed by atoms with Crippen molar-refractivity contribution in [2.45, 2.75) is 58.9 Å². The first-order valence-corrected chi connectivity index (χ1v) is 8.04. The average molecular weight is 289 g/mol. The van der Waals surface area contributed by atoms with Gasteiger partial charge in [-0.05, 0) is 49.1 Å². The third-order valence-corrected chi connectivity index (χ3v) is 5.02. The van der Waals surface area contributed by atoms with E-state index in [2.05, 4.69) is 26.1 Å². The summed E-state index contributed by atoms with van der Waals surface area (Å²) in [6.45, 7) is 6.98. The maximum atomic E-state index is 11.9. The fourth-order valence-corrected chi connectivity index (χ4v) is 3.10. The van der Waals surface area contributed by atoms with E-state index in [1.54, 1.807) is 12.1 Å². The van der Waals surface area contributed by atoms with Gasteiger partial charge in [0.05, 0.1) is 0 Å². The van der Waals surface area contributed by atoms with Crippen molar-refractivity contribution in [1.82, 2.24) is 5.32 Å². The Hall–Kier alpha value is -1.51. The molecule has 0 unspecified atom stereocenters. The molecule has 1 aliphatic rings. The van der Waals surface area contributed by atoms with Gasteiger partial charge in [-0.2, -0.15) is 0 Å². The van der Waals surface area contributed by atoms with E-state index in [-0.39, 0.29) is 12.1 Å². The van der Waals surface area contributed by atoms with E-state index in [1.165, 1.54) is 19.3 Å². The summed E-state index contributed by atoms with van der Waals surface area (Å²) in [5, 5.41) is 3.00. The number of amides is 1. The number of hydrogen-bond acceptors (Lipinski definition) is 2. The molecule has 0 aromatic heterocycles. The van der Waals surface area contributed by atoms with Crippen molar-refractivity contribution < 1.29 is 9.53 Å². The molecule has 0 saturated heterocycles. The molecule has 1 saturated carbocycles. The van der Waals surface area contributed by atoms with Crippen LogP contribution in [0.4, 0.5) is 4.79 Å². The van der Waals surface area contributed by atoms with Crippen molar-refractivity contribution in [1.29, 1.82) is 0 Å². The molecule has 0 spiro atoms. The zero-order valence-corrected chi connectivity index (χ0v) is 13.4. The molecule has 1 amide bonds. The highest BCUT2D eigenvalue weighted by Crippen LogP contribution is 2.40. The minimum absolute atomic E-state index is 0.255. The molecule has 1 N–H and O–H groups in total. The standard InChI is InChI=1S/C18H27NO2/c1-4-18(2,3)14-10-12-15(13-11-14)19-17(20)21-16-8-6-5-7-9-16/h5-9,14-15H,4,10-13H2,1-3H3,(H,19,20). The van der Waals surface area contributed by atoms with Gasteiger partial charge in [-0.3, -0.25) is 0 Å². The maximum Gasteiger partial charge on any atom is 0.412 e. The van der Waals surface area contributed by atoms with E-state index in [0.717, 1.165) is 18.8 Å².